The minimum absolute atomic E-state index is 0.0265. The number of aliphatic hydroxyl groups is 1. The maximum Gasteiger partial charge on any atom is 0.0571 e. The molecule has 0 amide bonds. The Morgan fingerprint density at radius 2 is 1.45 bits per heavy atom. The Kier molecular flexibility index (Phi) is 5.92. The maximum atomic E-state index is 9.78. The summed E-state index contributed by atoms with van der Waals surface area (Å²) >= 11 is 0. The summed E-state index contributed by atoms with van der Waals surface area (Å²) in [5.41, 5.74) is 0.494. The summed E-state index contributed by atoms with van der Waals surface area (Å²) in [5.74, 6) is 1.70. The van der Waals surface area contributed by atoms with Crippen molar-refractivity contribution >= 4 is 0 Å². The first-order chi connectivity index (χ1) is 9.60. The fourth-order valence-electron chi connectivity index (χ4n) is 4.97. The molecule has 1 N–H and O–H groups in total. The molecule has 0 bridgehead atoms. The number of ether oxygens (including phenoxy) is 1. The predicted molar refractivity (Wildman–Crippen MR) is 83.7 cm³/mol. The van der Waals surface area contributed by atoms with Gasteiger partial charge in [0.05, 0.1) is 12.2 Å². The van der Waals surface area contributed by atoms with Gasteiger partial charge in [-0.15, -0.1) is 0 Å². The lowest BCUT2D eigenvalue weighted by atomic mass is 9.58. The van der Waals surface area contributed by atoms with Crippen molar-refractivity contribution in [2.45, 2.75) is 90.3 Å². The molecule has 0 spiro atoms. The second kappa shape index (κ2) is 7.26. The second-order valence-corrected chi connectivity index (χ2v) is 7.47. The molecule has 1 atom stereocenters. The van der Waals surface area contributed by atoms with Crippen LogP contribution >= 0.6 is 0 Å². The largest absolute Gasteiger partial charge is 0.393 e. The van der Waals surface area contributed by atoms with Crippen LogP contribution in [-0.2, 0) is 4.74 Å². The zero-order valence-corrected chi connectivity index (χ0v) is 13.7. The van der Waals surface area contributed by atoms with E-state index in [0.29, 0.717) is 11.5 Å². The van der Waals surface area contributed by atoms with Crippen molar-refractivity contribution in [3.05, 3.63) is 0 Å². The minimum Gasteiger partial charge on any atom is -0.393 e. The third-order valence-electron chi connectivity index (χ3n) is 6.36. The quantitative estimate of drug-likeness (QED) is 0.801. The summed E-state index contributed by atoms with van der Waals surface area (Å²) in [5, 5.41) is 9.78. The van der Waals surface area contributed by atoms with Crippen LogP contribution in [0.3, 0.4) is 0 Å². The summed E-state index contributed by atoms with van der Waals surface area (Å²) in [6.45, 7) is 4.88. The van der Waals surface area contributed by atoms with Crippen LogP contribution in [0.1, 0.15) is 78.1 Å². The number of hydrogen-bond acceptors (Lipinski definition) is 2. The van der Waals surface area contributed by atoms with E-state index in [9.17, 15) is 5.11 Å². The lowest BCUT2D eigenvalue weighted by Gasteiger charge is -2.48. The molecular formula is C18H34O2. The fraction of sp³-hybridized carbons (Fsp3) is 1.00. The summed E-state index contributed by atoms with van der Waals surface area (Å²) in [7, 11) is 1.86. The van der Waals surface area contributed by atoms with Gasteiger partial charge in [0.15, 0.2) is 0 Å². The molecule has 1 unspecified atom stereocenters. The topological polar surface area (TPSA) is 29.5 Å². The molecule has 2 heteroatoms. The van der Waals surface area contributed by atoms with Crippen molar-refractivity contribution in [3.8, 4) is 0 Å². The van der Waals surface area contributed by atoms with Gasteiger partial charge in [0.2, 0.25) is 0 Å². The number of aliphatic hydroxyl groups excluding tert-OH is 1. The zero-order chi connectivity index (χ0) is 14.6. The van der Waals surface area contributed by atoms with E-state index in [-0.39, 0.29) is 6.10 Å². The molecule has 0 aromatic rings. The van der Waals surface area contributed by atoms with Crippen molar-refractivity contribution in [1.82, 2.24) is 0 Å². The summed E-state index contributed by atoms with van der Waals surface area (Å²) in [6.07, 6.45) is 12.8. The van der Waals surface area contributed by atoms with Gasteiger partial charge in [0.1, 0.15) is 0 Å². The third-order valence-corrected chi connectivity index (χ3v) is 6.36. The molecule has 2 fully saturated rings. The standard InChI is InChI=1S/C18H34O2/c1-4-13-18(2,14-5-9-16(19)10-6-14)15-7-11-17(20-3)12-8-15/h14-17,19H,4-13H2,1-3H3. The molecule has 0 radical (unpaired) electrons. The van der Waals surface area contributed by atoms with E-state index in [1.54, 1.807) is 0 Å². The van der Waals surface area contributed by atoms with E-state index in [0.717, 1.165) is 24.7 Å². The van der Waals surface area contributed by atoms with Crippen LogP contribution in [0, 0.1) is 17.3 Å². The highest BCUT2D eigenvalue weighted by Gasteiger charge is 2.42. The van der Waals surface area contributed by atoms with Crippen molar-refractivity contribution in [3.63, 3.8) is 0 Å². The molecule has 0 saturated heterocycles. The van der Waals surface area contributed by atoms with Crippen LogP contribution in [0.15, 0.2) is 0 Å². The summed E-state index contributed by atoms with van der Waals surface area (Å²) < 4.78 is 5.54. The van der Waals surface area contributed by atoms with Crippen LogP contribution < -0.4 is 0 Å². The Labute approximate surface area is 125 Å². The van der Waals surface area contributed by atoms with Gasteiger partial charge < -0.3 is 9.84 Å². The molecule has 0 aromatic heterocycles. The first-order valence-electron chi connectivity index (χ1n) is 8.81. The highest BCUT2D eigenvalue weighted by atomic mass is 16.5. The van der Waals surface area contributed by atoms with Gasteiger partial charge in [-0.05, 0) is 75.0 Å². The molecule has 2 nitrogen and oxygen atoms in total. The van der Waals surface area contributed by atoms with E-state index in [1.807, 2.05) is 7.11 Å². The van der Waals surface area contributed by atoms with E-state index in [1.165, 1.54) is 51.4 Å². The highest BCUT2D eigenvalue weighted by Crippen LogP contribution is 2.51. The number of hydrogen-bond donors (Lipinski definition) is 1. The Morgan fingerprint density at radius 3 is 1.90 bits per heavy atom. The van der Waals surface area contributed by atoms with Crippen molar-refractivity contribution in [2.24, 2.45) is 17.3 Å². The van der Waals surface area contributed by atoms with Crippen LogP contribution in [-0.4, -0.2) is 24.4 Å². The Bertz CT molecular complexity index is 275. The van der Waals surface area contributed by atoms with Gasteiger partial charge in [-0.3, -0.25) is 0 Å². The fourth-order valence-corrected chi connectivity index (χ4v) is 4.97. The average Bonchev–Trinajstić information content (AvgIpc) is 2.48. The highest BCUT2D eigenvalue weighted by molar-refractivity contribution is 4.93. The molecule has 0 aliphatic heterocycles. The van der Waals surface area contributed by atoms with Crippen molar-refractivity contribution < 1.29 is 9.84 Å². The first kappa shape index (κ1) is 16.3. The van der Waals surface area contributed by atoms with E-state index < -0.39 is 0 Å². The smallest absolute Gasteiger partial charge is 0.0571 e. The van der Waals surface area contributed by atoms with Crippen molar-refractivity contribution in [2.75, 3.05) is 7.11 Å². The van der Waals surface area contributed by atoms with E-state index in [4.69, 9.17) is 4.74 Å². The Balaban J connectivity index is 2.01. The molecule has 0 aromatic carbocycles. The van der Waals surface area contributed by atoms with Crippen LogP contribution in [0.5, 0.6) is 0 Å². The minimum atomic E-state index is -0.0265. The number of methoxy groups -OCH3 is 1. The van der Waals surface area contributed by atoms with Crippen molar-refractivity contribution in [1.29, 1.82) is 0 Å². The Hall–Kier alpha value is -0.0800. The molecule has 20 heavy (non-hydrogen) atoms. The normalized spacial score (nSPS) is 38.4. The Morgan fingerprint density at radius 1 is 0.950 bits per heavy atom. The van der Waals surface area contributed by atoms with Crippen LogP contribution in [0.2, 0.25) is 0 Å². The molecule has 2 aliphatic rings. The van der Waals surface area contributed by atoms with Gasteiger partial charge in [-0.1, -0.05) is 20.3 Å². The SMILES string of the molecule is CCCC(C)(C1CCC(O)CC1)C1CCC(OC)CC1. The molecule has 118 valence electrons. The third kappa shape index (κ3) is 3.57. The van der Waals surface area contributed by atoms with Gasteiger partial charge >= 0.3 is 0 Å². The van der Waals surface area contributed by atoms with Crippen LogP contribution in [0.4, 0.5) is 0 Å². The lowest BCUT2D eigenvalue weighted by molar-refractivity contribution is -0.0233. The molecule has 2 rings (SSSR count). The molecule has 0 heterocycles. The van der Waals surface area contributed by atoms with Gasteiger partial charge in [0.25, 0.3) is 0 Å². The van der Waals surface area contributed by atoms with E-state index in [2.05, 4.69) is 13.8 Å². The van der Waals surface area contributed by atoms with Gasteiger partial charge in [-0.25, -0.2) is 0 Å². The average molecular weight is 282 g/mol. The molecule has 2 aliphatic carbocycles. The number of rotatable bonds is 5. The first-order valence-corrected chi connectivity index (χ1v) is 8.81. The van der Waals surface area contributed by atoms with Gasteiger partial charge in [0, 0.05) is 7.11 Å². The van der Waals surface area contributed by atoms with E-state index >= 15 is 0 Å². The molecular weight excluding hydrogens is 248 g/mol. The summed E-state index contributed by atoms with van der Waals surface area (Å²) in [6, 6.07) is 0. The van der Waals surface area contributed by atoms with Gasteiger partial charge in [-0.2, -0.15) is 0 Å². The lowest BCUT2D eigenvalue weighted by Crippen LogP contribution is -2.40. The second-order valence-electron chi connectivity index (χ2n) is 7.47. The van der Waals surface area contributed by atoms with Crippen LogP contribution in [0.25, 0.3) is 0 Å². The monoisotopic (exact) mass is 282 g/mol. The summed E-state index contributed by atoms with van der Waals surface area (Å²) in [4.78, 5) is 0. The molecule has 2 saturated carbocycles. The maximum absolute atomic E-state index is 9.78. The zero-order valence-electron chi connectivity index (χ0n) is 13.7. The predicted octanol–water partition coefficient (Wildman–Crippen LogP) is 4.55.